The summed E-state index contributed by atoms with van der Waals surface area (Å²) in [5, 5.41) is 5.64. The molecule has 0 unspecified atom stereocenters. The van der Waals surface area contributed by atoms with E-state index in [1.54, 1.807) is 36.4 Å². The van der Waals surface area contributed by atoms with Crippen LogP contribution in [0.5, 0.6) is 0 Å². The maximum absolute atomic E-state index is 13.5. The number of thioether (sulfide) groups is 1. The van der Waals surface area contributed by atoms with Crippen LogP contribution in [0.15, 0.2) is 47.4 Å². The molecular formula is C20H23FN2O2S. The highest BCUT2D eigenvalue weighted by atomic mass is 32.2. The van der Waals surface area contributed by atoms with Crippen molar-refractivity contribution in [1.82, 2.24) is 5.32 Å². The summed E-state index contributed by atoms with van der Waals surface area (Å²) in [5.74, 6) is -0.145. The molecule has 0 bridgehead atoms. The van der Waals surface area contributed by atoms with E-state index in [0.717, 1.165) is 5.56 Å². The number of rotatable bonds is 7. The molecule has 4 nitrogen and oxygen atoms in total. The van der Waals surface area contributed by atoms with E-state index in [4.69, 9.17) is 0 Å². The van der Waals surface area contributed by atoms with Gasteiger partial charge in [-0.3, -0.25) is 9.59 Å². The van der Waals surface area contributed by atoms with Crippen molar-refractivity contribution in [2.45, 2.75) is 38.1 Å². The highest BCUT2D eigenvalue weighted by Gasteiger charge is 2.12. The number of benzene rings is 2. The van der Waals surface area contributed by atoms with Crippen LogP contribution in [-0.4, -0.2) is 23.6 Å². The van der Waals surface area contributed by atoms with E-state index in [-0.39, 0.29) is 30.1 Å². The van der Waals surface area contributed by atoms with Gasteiger partial charge in [-0.2, -0.15) is 0 Å². The van der Waals surface area contributed by atoms with Crippen molar-refractivity contribution in [2.24, 2.45) is 0 Å². The monoisotopic (exact) mass is 374 g/mol. The molecule has 2 N–H and O–H groups in total. The van der Waals surface area contributed by atoms with Crippen LogP contribution in [0.2, 0.25) is 0 Å². The summed E-state index contributed by atoms with van der Waals surface area (Å²) in [4.78, 5) is 24.9. The fourth-order valence-corrected chi connectivity index (χ4v) is 3.21. The molecule has 2 aromatic carbocycles. The average Bonchev–Trinajstić information content (AvgIpc) is 2.57. The number of anilines is 1. The molecule has 0 aliphatic carbocycles. The molecule has 0 radical (unpaired) electrons. The lowest BCUT2D eigenvalue weighted by Crippen LogP contribution is -2.30. The van der Waals surface area contributed by atoms with Crippen molar-refractivity contribution in [2.75, 3.05) is 11.1 Å². The highest BCUT2D eigenvalue weighted by molar-refractivity contribution is 7.99. The first-order valence-electron chi connectivity index (χ1n) is 8.45. The summed E-state index contributed by atoms with van der Waals surface area (Å²) in [6.45, 7) is 5.64. The van der Waals surface area contributed by atoms with Crippen molar-refractivity contribution in [1.29, 1.82) is 0 Å². The lowest BCUT2D eigenvalue weighted by atomic mass is 10.1. The first-order chi connectivity index (χ1) is 12.4. The molecule has 2 aromatic rings. The van der Waals surface area contributed by atoms with Gasteiger partial charge in [-0.05, 0) is 50.6 Å². The third kappa shape index (κ3) is 5.88. The molecule has 0 fully saturated rings. The summed E-state index contributed by atoms with van der Waals surface area (Å²) in [7, 11) is 0. The molecule has 6 heteroatoms. The first-order valence-corrected chi connectivity index (χ1v) is 9.44. The van der Waals surface area contributed by atoms with Crippen LogP contribution in [0.4, 0.5) is 10.1 Å². The summed E-state index contributed by atoms with van der Waals surface area (Å²) >= 11 is 1.30. The molecule has 0 atom stereocenters. The Morgan fingerprint density at radius 1 is 1.15 bits per heavy atom. The van der Waals surface area contributed by atoms with Crippen LogP contribution in [0, 0.1) is 12.7 Å². The van der Waals surface area contributed by atoms with E-state index in [9.17, 15) is 14.0 Å². The van der Waals surface area contributed by atoms with Gasteiger partial charge in [0, 0.05) is 34.4 Å². The quantitative estimate of drug-likeness (QED) is 0.707. The van der Waals surface area contributed by atoms with Crippen LogP contribution < -0.4 is 10.6 Å². The topological polar surface area (TPSA) is 58.2 Å². The van der Waals surface area contributed by atoms with Gasteiger partial charge in [0.15, 0.2) is 0 Å². The zero-order valence-electron chi connectivity index (χ0n) is 15.1. The summed E-state index contributed by atoms with van der Waals surface area (Å²) in [5.41, 5.74) is 1.96. The molecule has 0 aliphatic heterocycles. The Labute approximate surface area is 157 Å². The number of carbonyl (C=O) groups excluding carboxylic acids is 2. The Bertz CT molecular complexity index is 793. The van der Waals surface area contributed by atoms with Crippen molar-refractivity contribution in [3.8, 4) is 0 Å². The minimum Gasteiger partial charge on any atom is -0.350 e. The number of hydrogen-bond acceptors (Lipinski definition) is 3. The number of hydrogen-bond donors (Lipinski definition) is 2. The number of nitrogens with one attached hydrogen (secondary N) is 2. The second-order valence-corrected chi connectivity index (χ2v) is 7.37. The zero-order chi connectivity index (χ0) is 19.1. The summed E-state index contributed by atoms with van der Waals surface area (Å²) in [6, 6.07) is 11.8. The van der Waals surface area contributed by atoms with Crippen molar-refractivity contribution < 1.29 is 14.0 Å². The normalized spacial score (nSPS) is 10.7. The van der Waals surface area contributed by atoms with Gasteiger partial charge in [0.2, 0.25) is 5.91 Å². The van der Waals surface area contributed by atoms with Crippen molar-refractivity contribution in [3.05, 3.63) is 59.4 Å². The SMILES string of the molecule is Cc1ccc(NC(=O)CCSc2ccccc2F)cc1C(=O)NC(C)C. The maximum Gasteiger partial charge on any atom is 0.251 e. The predicted molar refractivity (Wildman–Crippen MR) is 104 cm³/mol. The van der Waals surface area contributed by atoms with Crippen molar-refractivity contribution >= 4 is 29.3 Å². The average molecular weight is 374 g/mol. The van der Waals surface area contributed by atoms with Crippen LogP contribution in [0.1, 0.15) is 36.2 Å². The second kappa shape index (κ2) is 9.38. The van der Waals surface area contributed by atoms with E-state index in [0.29, 0.717) is 21.9 Å². The van der Waals surface area contributed by atoms with Gasteiger partial charge < -0.3 is 10.6 Å². The summed E-state index contributed by atoms with van der Waals surface area (Å²) in [6.07, 6.45) is 0.250. The molecule has 0 aliphatic rings. The highest BCUT2D eigenvalue weighted by Crippen LogP contribution is 2.22. The lowest BCUT2D eigenvalue weighted by molar-refractivity contribution is -0.115. The Morgan fingerprint density at radius 2 is 1.88 bits per heavy atom. The zero-order valence-corrected chi connectivity index (χ0v) is 16.0. The van der Waals surface area contributed by atoms with Crippen LogP contribution >= 0.6 is 11.8 Å². The Morgan fingerprint density at radius 3 is 2.58 bits per heavy atom. The molecule has 0 saturated carbocycles. The van der Waals surface area contributed by atoms with Gasteiger partial charge in [-0.15, -0.1) is 11.8 Å². The largest absolute Gasteiger partial charge is 0.350 e. The second-order valence-electron chi connectivity index (χ2n) is 6.23. The predicted octanol–water partition coefficient (Wildman–Crippen LogP) is 4.39. The summed E-state index contributed by atoms with van der Waals surface area (Å²) < 4.78 is 13.5. The molecule has 0 heterocycles. The molecule has 0 saturated heterocycles. The molecule has 2 rings (SSSR count). The van der Waals surface area contributed by atoms with Gasteiger partial charge in [0.05, 0.1) is 0 Å². The third-order valence-electron chi connectivity index (χ3n) is 3.61. The Hall–Kier alpha value is -2.34. The van der Waals surface area contributed by atoms with E-state index >= 15 is 0 Å². The van der Waals surface area contributed by atoms with E-state index in [2.05, 4.69) is 10.6 Å². The maximum atomic E-state index is 13.5. The van der Waals surface area contributed by atoms with E-state index in [1.807, 2.05) is 20.8 Å². The molecule has 0 aromatic heterocycles. The fraction of sp³-hybridized carbons (Fsp3) is 0.300. The number of aryl methyl sites for hydroxylation is 1. The standard InChI is InChI=1S/C20H23FN2O2S/c1-13(2)22-20(25)16-12-15(9-8-14(16)3)23-19(24)10-11-26-18-7-5-4-6-17(18)21/h4-9,12-13H,10-11H2,1-3H3,(H,22,25)(H,23,24). The van der Waals surface area contributed by atoms with Gasteiger partial charge in [-0.25, -0.2) is 4.39 Å². The number of halogens is 1. The minimum absolute atomic E-state index is 0.0376. The Kier molecular flexibility index (Phi) is 7.21. The Balaban J connectivity index is 1.92. The van der Waals surface area contributed by atoms with E-state index < -0.39 is 0 Å². The molecular weight excluding hydrogens is 351 g/mol. The van der Waals surface area contributed by atoms with Gasteiger partial charge in [0.1, 0.15) is 5.82 Å². The lowest BCUT2D eigenvalue weighted by Gasteiger charge is -2.12. The molecule has 2 amide bonds. The molecule has 0 spiro atoms. The van der Waals surface area contributed by atoms with Gasteiger partial charge in [0.25, 0.3) is 5.91 Å². The molecule has 138 valence electrons. The number of carbonyl (C=O) groups is 2. The van der Waals surface area contributed by atoms with Crippen LogP contribution in [-0.2, 0) is 4.79 Å². The van der Waals surface area contributed by atoms with Gasteiger partial charge >= 0.3 is 0 Å². The fourth-order valence-electron chi connectivity index (χ4n) is 2.32. The first kappa shape index (κ1) is 20.0. The minimum atomic E-state index is -0.280. The smallest absolute Gasteiger partial charge is 0.251 e. The van der Waals surface area contributed by atoms with Crippen molar-refractivity contribution in [3.63, 3.8) is 0 Å². The molecule has 26 heavy (non-hydrogen) atoms. The number of amides is 2. The van der Waals surface area contributed by atoms with E-state index in [1.165, 1.54) is 17.8 Å². The van der Waals surface area contributed by atoms with Crippen LogP contribution in [0.3, 0.4) is 0 Å². The van der Waals surface area contributed by atoms with Gasteiger partial charge in [-0.1, -0.05) is 18.2 Å². The van der Waals surface area contributed by atoms with Crippen LogP contribution in [0.25, 0.3) is 0 Å². The third-order valence-corrected chi connectivity index (χ3v) is 4.66.